The highest BCUT2D eigenvalue weighted by Crippen LogP contribution is 2.33. The fourth-order valence-electron chi connectivity index (χ4n) is 6.21. The standard InChI is InChI=1S/C35H36FN9/c1-3-7-22(2)40-28-17-25(19-37-21-28)26-18-30-32(43-44-33(30)39-20-26)35-41-31-29(9-10-38-34(31)42-35)24-14-23(15-27(36)16-24)8-6-13-45-11-4-5-12-45/h9-10,14-21,40H,2-8,11-13H2,1H3,(H,38,41,42)(H,39,43,44). The number of aromatic nitrogens is 7. The van der Waals surface area contributed by atoms with Crippen LogP contribution in [0.5, 0.6) is 0 Å². The van der Waals surface area contributed by atoms with E-state index in [0.717, 1.165) is 82.3 Å². The van der Waals surface area contributed by atoms with Crippen LogP contribution >= 0.6 is 0 Å². The highest BCUT2D eigenvalue weighted by molar-refractivity contribution is 5.96. The summed E-state index contributed by atoms with van der Waals surface area (Å²) >= 11 is 0. The molecule has 1 fully saturated rings. The summed E-state index contributed by atoms with van der Waals surface area (Å²) < 4.78 is 14.9. The molecular weight excluding hydrogens is 565 g/mol. The van der Waals surface area contributed by atoms with Crippen LogP contribution in [-0.2, 0) is 6.42 Å². The highest BCUT2D eigenvalue weighted by Gasteiger charge is 2.18. The lowest BCUT2D eigenvalue weighted by Crippen LogP contribution is -2.20. The normalized spacial score (nSPS) is 13.6. The van der Waals surface area contributed by atoms with Gasteiger partial charge in [0.25, 0.3) is 0 Å². The zero-order valence-corrected chi connectivity index (χ0v) is 25.4. The Labute approximate surface area is 261 Å². The molecule has 3 N–H and O–H groups in total. The van der Waals surface area contributed by atoms with Crippen LogP contribution in [-0.4, -0.2) is 59.7 Å². The summed E-state index contributed by atoms with van der Waals surface area (Å²) in [6.07, 6.45) is 13.4. The average molecular weight is 602 g/mol. The molecule has 1 saturated heterocycles. The first-order valence-electron chi connectivity index (χ1n) is 15.7. The van der Waals surface area contributed by atoms with Gasteiger partial charge in [-0.15, -0.1) is 0 Å². The predicted octanol–water partition coefficient (Wildman–Crippen LogP) is 7.52. The molecule has 0 bridgehead atoms. The van der Waals surface area contributed by atoms with Gasteiger partial charge in [0.1, 0.15) is 11.5 Å². The first-order valence-corrected chi connectivity index (χ1v) is 15.7. The van der Waals surface area contributed by atoms with Crippen molar-refractivity contribution >= 4 is 27.9 Å². The molecule has 0 amide bonds. The summed E-state index contributed by atoms with van der Waals surface area (Å²) in [5.74, 6) is 0.341. The Hall–Kier alpha value is -4.96. The van der Waals surface area contributed by atoms with Crippen molar-refractivity contribution in [2.45, 2.75) is 45.4 Å². The largest absolute Gasteiger partial charge is 0.358 e. The fraction of sp³-hybridized carbons (Fsp3) is 0.286. The van der Waals surface area contributed by atoms with Crippen LogP contribution in [0.1, 0.15) is 44.6 Å². The highest BCUT2D eigenvalue weighted by atomic mass is 19.1. The van der Waals surface area contributed by atoms with Crippen molar-refractivity contribution < 1.29 is 4.39 Å². The van der Waals surface area contributed by atoms with E-state index in [1.807, 2.05) is 24.4 Å². The second-order valence-electron chi connectivity index (χ2n) is 11.8. The van der Waals surface area contributed by atoms with Gasteiger partial charge in [0, 0.05) is 41.0 Å². The van der Waals surface area contributed by atoms with Crippen LogP contribution in [0, 0.1) is 5.82 Å². The van der Waals surface area contributed by atoms with Gasteiger partial charge in [-0.3, -0.25) is 10.1 Å². The molecule has 10 heteroatoms. The number of nitrogens with one attached hydrogen (secondary N) is 3. The summed E-state index contributed by atoms with van der Waals surface area (Å²) in [6.45, 7) is 9.62. The third kappa shape index (κ3) is 6.19. The Morgan fingerprint density at radius 1 is 1.00 bits per heavy atom. The Morgan fingerprint density at radius 3 is 2.73 bits per heavy atom. The lowest BCUT2D eigenvalue weighted by atomic mass is 10.0. The van der Waals surface area contributed by atoms with Crippen LogP contribution in [0.2, 0.25) is 0 Å². The number of aryl methyl sites for hydroxylation is 1. The van der Waals surface area contributed by atoms with Crippen molar-refractivity contribution in [2.75, 3.05) is 25.0 Å². The molecule has 9 nitrogen and oxygen atoms in total. The van der Waals surface area contributed by atoms with Gasteiger partial charge < -0.3 is 15.2 Å². The predicted molar refractivity (Wildman–Crippen MR) is 177 cm³/mol. The molecule has 1 aliphatic rings. The zero-order chi connectivity index (χ0) is 30.8. The third-order valence-electron chi connectivity index (χ3n) is 8.39. The lowest BCUT2D eigenvalue weighted by molar-refractivity contribution is 0.334. The van der Waals surface area contributed by atoms with Gasteiger partial charge in [0.05, 0.1) is 22.8 Å². The van der Waals surface area contributed by atoms with Crippen LogP contribution in [0.25, 0.3) is 56.0 Å². The maximum absolute atomic E-state index is 14.9. The Bertz CT molecular complexity index is 1990. The quantitative estimate of drug-likeness (QED) is 0.141. The molecule has 0 aliphatic carbocycles. The number of anilines is 1. The second kappa shape index (κ2) is 12.6. The number of halogens is 1. The molecule has 0 atom stereocenters. The number of hydrogen-bond acceptors (Lipinski definition) is 7. The molecule has 0 unspecified atom stereocenters. The minimum atomic E-state index is -0.241. The molecule has 5 aromatic heterocycles. The van der Waals surface area contributed by atoms with Crippen LogP contribution in [0.3, 0.4) is 0 Å². The van der Waals surface area contributed by atoms with Crippen molar-refractivity contribution in [1.29, 1.82) is 0 Å². The molecule has 228 valence electrons. The number of rotatable bonds is 11. The summed E-state index contributed by atoms with van der Waals surface area (Å²) in [6, 6.07) is 11.3. The average Bonchev–Trinajstić information content (AvgIpc) is 3.80. The van der Waals surface area contributed by atoms with E-state index >= 15 is 0 Å². The summed E-state index contributed by atoms with van der Waals surface area (Å²) in [7, 11) is 0. The molecule has 6 heterocycles. The maximum Gasteiger partial charge on any atom is 0.181 e. The SMILES string of the molecule is C=C(CCC)Nc1cncc(-c2cnc3n[nH]c(-c4nc5nccc(-c6cc(F)cc(CCCN7CCCC7)c6)c5[nH]4)c3c2)c1. The van der Waals surface area contributed by atoms with E-state index in [1.165, 1.54) is 25.9 Å². The van der Waals surface area contributed by atoms with Crippen molar-refractivity contribution in [2.24, 2.45) is 0 Å². The molecule has 1 aromatic carbocycles. The number of hydrogen-bond donors (Lipinski definition) is 3. The van der Waals surface area contributed by atoms with Gasteiger partial charge in [-0.25, -0.2) is 19.3 Å². The number of likely N-dealkylation sites (tertiary alicyclic amines) is 1. The smallest absolute Gasteiger partial charge is 0.181 e. The zero-order valence-electron chi connectivity index (χ0n) is 25.4. The van der Waals surface area contributed by atoms with E-state index in [2.05, 4.69) is 59.9 Å². The van der Waals surface area contributed by atoms with Gasteiger partial charge in [-0.2, -0.15) is 5.10 Å². The van der Waals surface area contributed by atoms with E-state index in [9.17, 15) is 4.39 Å². The minimum Gasteiger partial charge on any atom is -0.358 e. The van der Waals surface area contributed by atoms with Gasteiger partial charge in [0.2, 0.25) is 0 Å². The number of aromatic amines is 2. The summed E-state index contributed by atoms with van der Waals surface area (Å²) in [4.78, 5) is 24.3. The molecule has 0 saturated carbocycles. The van der Waals surface area contributed by atoms with Crippen LogP contribution in [0.15, 0.2) is 73.5 Å². The van der Waals surface area contributed by atoms with E-state index in [1.54, 1.807) is 30.7 Å². The lowest BCUT2D eigenvalue weighted by Gasteiger charge is -2.14. The van der Waals surface area contributed by atoms with Crippen molar-refractivity contribution in [3.8, 4) is 33.8 Å². The third-order valence-corrected chi connectivity index (χ3v) is 8.39. The molecular formula is C35H36FN9. The Kier molecular flexibility index (Phi) is 8.04. The van der Waals surface area contributed by atoms with E-state index in [4.69, 9.17) is 4.98 Å². The van der Waals surface area contributed by atoms with Gasteiger partial charge in [-0.1, -0.05) is 26.0 Å². The van der Waals surface area contributed by atoms with Gasteiger partial charge >= 0.3 is 0 Å². The number of pyridine rings is 3. The number of allylic oxidation sites excluding steroid dienone is 1. The Morgan fingerprint density at radius 2 is 1.87 bits per heavy atom. The summed E-state index contributed by atoms with van der Waals surface area (Å²) in [5, 5.41) is 11.7. The second-order valence-corrected chi connectivity index (χ2v) is 11.8. The Balaban J connectivity index is 1.19. The van der Waals surface area contributed by atoms with Crippen molar-refractivity contribution in [1.82, 2.24) is 40.0 Å². The summed E-state index contributed by atoms with van der Waals surface area (Å²) in [5.41, 5.74) is 8.85. The number of fused-ring (bicyclic) bond motifs is 2. The fourth-order valence-corrected chi connectivity index (χ4v) is 6.21. The number of nitrogens with zero attached hydrogens (tertiary/aromatic N) is 6. The number of imidazole rings is 1. The number of benzene rings is 1. The molecule has 1 aliphatic heterocycles. The van der Waals surface area contributed by atoms with Crippen molar-refractivity contribution in [3.05, 3.63) is 84.8 Å². The molecule has 6 aromatic rings. The van der Waals surface area contributed by atoms with Crippen LogP contribution < -0.4 is 5.32 Å². The monoisotopic (exact) mass is 601 g/mol. The van der Waals surface area contributed by atoms with Crippen LogP contribution in [0.4, 0.5) is 10.1 Å². The number of H-pyrrole nitrogens is 2. The topological polar surface area (TPSA) is 111 Å². The first kappa shape index (κ1) is 28.8. The van der Waals surface area contributed by atoms with E-state index < -0.39 is 0 Å². The van der Waals surface area contributed by atoms with E-state index in [0.29, 0.717) is 22.8 Å². The molecule has 7 rings (SSSR count). The van der Waals surface area contributed by atoms with Crippen molar-refractivity contribution in [3.63, 3.8) is 0 Å². The minimum absolute atomic E-state index is 0.241. The molecule has 0 spiro atoms. The van der Waals surface area contributed by atoms with E-state index in [-0.39, 0.29) is 5.82 Å². The molecule has 45 heavy (non-hydrogen) atoms. The maximum atomic E-state index is 14.9. The van der Waals surface area contributed by atoms with Gasteiger partial charge in [0.15, 0.2) is 17.1 Å². The van der Waals surface area contributed by atoms with Gasteiger partial charge in [-0.05, 0) is 93.2 Å². The first-order chi connectivity index (χ1) is 22.0. The molecule has 0 radical (unpaired) electrons.